The van der Waals surface area contributed by atoms with Crippen molar-refractivity contribution < 1.29 is 8.39 Å². The SMILES string of the molecule is CCOS(=O)c1cccc2ccccc12. The maximum Gasteiger partial charge on any atom is 0.189 e. The molecule has 0 radical (unpaired) electrons. The van der Waals surface area contributed by atoms with Gasteiger partial charge in [0, 0.05) is 5.39 Å². The minimum atomic E-state index is -1.36. The molecule has 2 nitrogen and oxygen atoms in total. The normalized spacial score (nSPS) is 12.9. The summed E-state index contributed by atoms with van der Waals surface area (Å²) in [5.41, 5.74) is 0. The van der Waals surface area contributed by atoms with Gasteiger partial charge in [-0.15, -0.1) is 0 Å². The van der Waals surface area contributed by atoms with Gasteiger partial charge in [0.2, 0.25) is 0 Å². The molecular formula is C12H12O2S. The van der Waals surface area contributed by atoms with E-state index in [2.05, 4.69) is 0 Å². The Morgan fingerprint density at radius 3 is 2.67 bits per heavy atom. The van der Waals surface area contributed by atoms with Crippen molar-refractivity contribution in [1.82, 2.24) is 0 Å². The zero-order valence-electron chi connectivity index (χ0n) is 8.47. The van der Waals surface area contributed by atoms with E-state index in [1.807, 2.05) is 49.4 Å². The third-order valence-electron chi connectivity index (χ3n) is 2.15. The molecule has 1 unspecified atom stereocenters. The third kappa shape index (κ3) is 2.08. The summed E-state index contributed by atoms with van der Waals surface area (Å²) in [5.74, 6) is 0. The quantitative estimate of drug-likeness (QED) is 0.795. The van der Waals surface area contributed by atoms with Crippen LogP contribution in [-0.4, -0.2) is 10.8 Å². The number of rotatable bonds is 3. The van der Waals surface area contributed by atoms with Crippen molar-refractivity contribution >= 4 is 21.9 Å². The number of fused-ring (bicyclic) bond motifs is 1. The predicted octanol–water partition coefficient (Wildman–Crippen LogP) is 2.90. The highest BCUT2D eigenvalue weighted by atomic mass is 32.2. The van der Waals surface area contributed by atoms with Gasteiger partial charge in [0.15, 0.2) is 11.1 Å². The van der Waals surface area contributed by atoms with Gasteiger partial charge in [-0.2, -0.15) is 0 Å². The molecule has 0 heterocycles. The maximum absolute atomic E-state index is 11.7. The van der Waals surface area contributed by atoms with E-state index in [1.165, 1.54) is 0 Å². The third-order valence-corrected chi connectivity index (χ3v) is 3.32. The molecule has 0 aromatic heterocycles. The van der Waals surface area contributed by atoms with E-state index in [1.54, 1.807) is 0 Å². The van der Waals surface area contributed by atoms with Crippen LogP contribution in [0.25, 0.3) is 10.8 Å². The van der Waals surface area contributed by atoms with Crippen molar-refractivity contribution in [2.45, 2.75) is 11.8 Å². The van der Waals surface area contributed by atoms with Gasteiger partial charge in [-0.05, 0) is 18.4 Å². The topological polar surface area (TPSA) is 26.3 Å². The summed E-state index contributed by atoms with van der Waals surface area (Å²) in [4.78, 5) is 0.745. The van der Waals surface area contributed by atoms with E-state index in [9.17, 15) is 4.21 Å². The Labute approximate surface area is 91.5 Å². The Morgan fingerprint density at radius 1 is 1.13 bits per heavy atom. The Hall–Kier alpha value is -1.19. The summed E-state index contributed by atoms with van der Waals surface area (Å²) >= 11 is -1.36. The van der Waals surface area contributed by atoms with Crippen LogP contribution in [0.15, 0.2) is 47.4 Å². The van der Waals surface area contributed by atoms with Crippen LogP contribution in [0.1, 0.15) is 6.92 Å². The summed E-state index contributed by atoms with van der Waals surface area (Å²) in [5, 5.41) is 2.08. The lowest BCUT2D eigenvalue weighted by molar-refractivity contribution is 0.372. The Morgan fingerprint density at radius 2 is 1.87 bits per heavy atom. The first kappa shape index (κ1) is 10.3. The average molecular weight is 220 g/mol. The molecule has 78 valence electrons. The second kappa shape index (κ2) is 4.55. The summed E-state index contributed by atoms with van der Waals surface area (Å²) in [7, 11) is 0. The van der Waals surface area contributed by atoms with Crippen molar-refractivity contribution in [3.8, 4) is 0 Å². The molecule has 0 saturated heterocycles. The van der Waals surface area contributed by atoms with Gasteiger partial charge in [0.25, 0.3) is 0 Å². The fourth-order valence-corrected chi connectivity index (χ4v) is 2.41. The van der Waals surface area contributed by atoms with E-state index >= 15 is 0 Å². The monoisotopic (exact) mass is 220 g/mol. The minimum Gasteiger partial charge on any atom is -0.287 e. The largest absolute Gasteiger partial charge is 0.287 e. The van der Waals surface area contributed by atoms with Gasteiger partial charge in [-0.1, -0.05) is 36.4 Å². The maximum atomic E-state index is 11.7. The van der Waals surface area contributed by atoms with Gasteiger partial charge in [0.1, 0.15) is 0 Å². The Bertz CT molecular complexity index is 488. The number of hydrogen-bond donors (Lipinski definition) is 0. The first-order valence-corrected chi connectivity index (χ1v) is 5.93. The van der Waals surface area contributed by atoms with E-state index < -0.39 is 11.1 Å². The lowest BCUT2D eigenvalue weighted by atomic mass is 10.1. The summed E-state index contributed by atoms with van der Waals surface area (Å²) in [6.07, 6.45) is 0. The van der Waals surface area contributed by atoms with Gasteiger partial charge in [-0.3, -0.25) is 4.18 Å². The molecule has 1 atom stereocenters. The lowest BCUT2D eigenvalue weighted by Crippen LogP contribution is -1.97. The van der Waals surface area contributed by atoms with Crippen LogP contribution in [-0.2, 0) is 15.3 Å². The molecule has 0 aliphatic carbocycles. The fraction of sp³-hybridized carbons (Fsp3) is 0.167. The molecule has 2 rings (SSSR count). The molecule has 2 aromatic rings. The van der Waals surface area contributed by atoms with E-state index in [0.29, 0.717) is 6.61 Å². The zero-order valence-corrected chi connectivity index (χ0v) is 9.29. The predicted molar refractivity (Wildman–Crippen MR) is 62.0 cm³/mol. The summed E-state index contributed by atoms with van der Waals surface area (Å²) < 4.78 is 16.9. The highest BCUT2D eigenvalue weighted by Gasteiger charge is 2.07. The zero-order chi connectivity index (χ0) is 10.7. The van der Waals surface area contributed by atoms with Crippen molar-refractivity contribution in [3.63, 3.8) is 0 Å². The van der Waals surface area contributed by atoms with E-state index in [-0.39, 0.29) is 0 Å². The minimum absolute atomic E-state index is 0.454. The summed E-state index contributed by atoms with van der Waals surface area (Å²) in [6, 6.07) is 13.6. The van der Waals surface area contributed by atoms with Crippen LogP contribution in [0.5, 0.6) is 0 Å². The second-order valence-electron chi connectivity index (χ2n) is 3.12. The van der Waals surface area contributed by atoms with Gasteiger partial charge >= 0.3 is 0 Å². The number of hydrogen-bond acceptors (Lipinski definition) is 2. The smallest absolute Gasteiger partial charge is 0.189 e. The average Bonchev–Trinajstić information content (AvgIpc) is 2.28. The van der Waals surface area contributed by atoms with Crippen LogP contribution in [0.2, 0.25) is 0 Å². The van der Waals surface area contributed by atoms with Gasteiger partial charge < -0.3 is 0 Å². The molecule has 0 bridgehead atoms. The van der Waals surface area contributed by atoms with E-state index in [0.717, 1.165) is 15.7 Å². The molecule has 0 saturated carbocycles. The molecule has 2 aromatic carbocycles. The highest BCUT2D eigenvalue weighted by molar-refractivity contribution is 7.80. The fourth-order valence-electron chi connectivity index (χ4n) is 1.51. The molecule has 0 N–H and O–H groups in total. The Balaban J connectivity index is 2.56. The summed E-state index contributed by atoms with van der Waals surface area (Å²) in [6.45, 7) is 2.29. The molecule has 3 heteroatoms. The van der Waals surface area contributed by atoms with Crippen LogP contribution in [0, 0.1) is 0 Å². The van der Waals surface area contributed by atoms with Gasteiger partial charge in [-0.25, -0.2) is 4.21 Å². The van der Waals surface area contributed by atoms with Crippen molar-refractivity contribution in [3.05, 3.63) is 42.5 Å². The molecular weight excluding hydrogens is 208 g/mol. The number of benzene rings is 2. The Kier molecular flexibility index (Phi) is 3.14. The van der Waals surface area contributed by atoms with Crippen LogP contribution in [0.3, 0.4) is 0 Å². The molecule has 15 heavy (non-hydrogen) atoms. The van der Waals surface area contributed by atoms with Crippen LogP contribution >= 0.6 is 0 Å². The van der Waals surface area contributed by atoms with Crippen molar-refractivity contribution in [2.24, 2.45) is 0 Å². The standard InChI is InChI=1S/C12H12O2S/c1-2-14-15(13)12-9-5-7-10-6-3-4-8-11(10)12/h3-9H,2H2,1H3. The molecule has 0 spiro atoms. The lowest BCUT2D eigenvalue weighted by Gasteiger charge is -2.04. The van der Waals surface area contributed by atoms with E-state index in [4.69, 9.17) is 4.18 Å². The highest BCUT2D eigenvalue weighted by Crippen LogP contribution is 2.21. The molecule has 0 aliphatic rings. The second-order valence-corrected chi connectivity index (χ2v) is 4.26. The van der Waals surface area contributed by atoms with Crippen LogP contribution < -0.4 is 0 Å². The van der Waals surface area contributed by atoms with Crippen molar-refractivity contribution in [2.75, 3.05) is 6.61 Å². The van der Waals surface area contributed by atoms with Crippen LogP contribution in [0.4, 0.5) is 0 Å². The molecule has 0 amide bonds. The van der Waals surface area contributed by atoms with Crippen molar-refractivity contribution in [1.29, 1.82) is 0 Å². The van der Waals surface area contributed by atoms with Gasteiger partial charge in [0.05, 0.1) is 11.5 Å². The first-order valence-electron chi connectivity index (χ1n) is 4.85. The molecule has 0 fully saturated rings. The first-order chi connectivity index (χ1) is 7.33. The molecule has 0 aliphatic heterocycles.